The van der Waals surface area contributed by atoms with Crippen molar-refractivity contribution in [1.29, 1.82) is 10.5 Å². The fourth-order valence-corrected chi connectivity index (χ4v) is 4.10. The summed E-state index contributed by atoms with van der Waals surface area (Å²) in [5.41, 5.74) is 0.316. The zero-order chi connectivity index (χ0) is 19.4. The molecular formula is C17H9ClN4O3S2. The number of nitrogens with one attached hydrogen (secondary N) is 1. The summed E-state index contributed by atoms with van der Waals surface area (Å²) in [6, 6.07) is 12.2. The maximum Gasteiger partial charge on any atom is 0.263 e. The lowest BCUT2D eigenvalue weighted by Crippen LogP contribution is -2.13. The number of hydrogen-bond acceptors (Lipinski definition) is 7. The molecule has 0 bridgehead atoms. The summed E-state index contributed by atoms with van der Waals surface area (Å²) in [6.07, 6.45) is 1.48. The molecule has 3 aromatic rings. The van der Waals surface area contributed by atoms with Crippen LogP contribution >= 0.6 is 22.9 Å². The summed E-state index contributed by atoms with van der Waals surface area (Å²) in [5, 5.41) is 20.3. The SMILES string of the molecule is N#Cc1ccc(Oc2ccc(S(=O)(=O)Nc3nccs3)cc2C#N)cc1Cl. The van der Waals surface area contributed by atoms with E-state index in [0.717, 1.165) is 11.3 Å². The van der Waals surface area contributed by atoms with E-state index in [9.17, 15) is 13.7 Å². The molecule has 1 heterocycles. The normalized spacial score (nSPS) is 10.6. The van der Waals surface area contributed by atoms with E-state index < -0.39 is 10.0 Å². The number of thiazole rings is 1. The molecule has 134 valence electrons. The van der Waals surface area contributed by atoms with Gasteiger partial charge in [0.05, 0.1) is 21.0 Å². The van der Waals surface area contributed by atoms with Crippen molar-refractivity contribution in [1.82, 2.24) is 4.98 Å². The Kier molecular flexibility index (Phi) is 5.28. The molecule has 1 aromatic heterocycles. The molecule has 2 aromatic carbocycles. The Morgan fingerprint density at radius 2 is 1.89 bits per heavy atom. The molecular weight excluding hydrogens is 408 g/mol. The van der Waals surface area contributed by atoms with Gasteiger partial charge in [-0.15, -0.1) is 11.3 Å². The van der Waals surface area contributed by atoms with E-state index in [2.05, 4.69) is 9.71 Å². The van der Waals surface area contributed by atoms with Crippen LogP contribution in [-0.4, -0.2) is 13.4 Å². The zero-order valence-electron chi connectivity index (χ0n) is 13.4. The second-order valence-electron chi connectivity index (χ2n) is 5.07. The quantitative estimate of drug-likeness (QED) is 0.668. The second-order valence-corrected chi connectivity index (χ2v) is 8.05. The van der Waals surface area contributed by atoms with E-state index in [1.807, 2.05) is 12.1 Å². The van der Waals surface area contributed by atoms with Gasteiger partial charge in [0.25, 0.3) is 10.0 Å². The first-order valence-electron chi connectivity index (χ1n) is 7.27. The Morgan fingerprint density at radius 3 is 2.52 bits per heavy atom. The third kappa shape index (κ3) is 4.18. The molecule has 0 aliphatic carbocycles. The molecule has 0 fully saturated rings. The highest BCUT2D eigenvalue weighted by atomic mass is 35.5. The minimum absolute atomic E-state index is 0.0255. The van der Waals surface area contributed by atoms with Crippen LogP contribution in [0.25, 0.3) is 0 Å². The number of halogens is 1. The summed E-state index contributed by atoms with van der Waals surface area (Å²) in [6.45, 7) is 0. The van der Waals surface area contributed by atoms with Gasteiger partial charge in [-0.05, 0) is 30.3 Å². The van der Waals surface area contributed by atoms with Crippen LogP contribution in [0.4, 0.5) is 5.13 Å². The van der Waals surface area contributed by atoms with E-state index in [-0.39, 0.29) is 26.4 Å². The van der Waals surface area contributed by atoms with Gasteiger partial charge in [-0.25, -0.2) is 13.4 Å². The lowest BCUT2D eigenvalue weighted by molar-refractivity contribution is 0.480. The number of rotatable bonds is 5. The summed E-state index contributed by atoms with van der Waals surface area (Å²) < 4.78 is 32.8. The number of anilines is 1. The van der Waals surface area contributed by atoms with Crippen LogP contribution in [0.1, 0.15) is 11.1 Å². The van der Waals surface area contributed by atoms with Crippen LogP contribution in [-0.2, 0) is 10.0 Å². The number of nitriles is 2. The molecule has 0 amide bonds. The number of aromatic nitrogens is 1. The van der Waals surface area contributed by atoms with Crippen LogP contribution in [0.2, 0.25) is 5.02 Å². The summed E-state index contributed by atoms with van der Waals surface area (Å²) in [5.74, 6) is 0.471. The molecule has 0 radical (unpaired) electrons. The Hall–Kier alpha value is -3.11. The topological polar surface area (TPSA) is 116 Å². The van der Waals surface area contributed by atoms with Crippen LogP contribution in [0, 0.1) is 22.7 Å². The maximum atomic E-state index is 12.4. The van der Waals surface area contributed by atoms with Crippen molar-refractivity contribution in [2.45, 2.75) is 4.90 Å². The zero-order valence-corrected chi connectivity index (χ0v) is 15.8. The highest BCUT2D eigenvalue weighted by molar-refractivity contribution is 7.93. The highest BCUT2D eigenvalue weighted by Crippen LogP contribution is 2.30. The molecule has 10 heteroatoms. The molecule has 0 saturated carbocycles. The third-order valence-electron chi connectivity index (χ3n) is 3.32. The average Bonchev–Trinajstić information content (AvgIpc) is 3.14. The van der Waals surface area contributed by atoms with Crippen molar-refractivity contribution in [3.8, 4) is 23.6 Å². The molecule has 0 unspecified atom stereocenters. The molecule has 0 aliphatic rings. The number of hydrogen-bond donors (Lipinski definition) is 1. The average molecular weight is 417 g/mol. The molecule has 27 heavy (non-hydrogen) atoms. The van der Waals surface area contributed by atoms with E-state index in [1.165, 1.54) is 42.6 Å². The van der Waals surface area contributed by atoms with Gasteiger partial charge in [0.1, 0.15) is 23.6 Å². The molecule has 7 nitrogen and oxygen atoms in total. The largest absolute Gasteiger partial charge is 0.456 e. The number of benzene rings is 2. The van der Waals surface area contributed by atoms with E-state index in [0.29, 0.717) is 11.3 Å². The van der Waals surface area contributed by atoms with Crippen molar-refractivity contribution in [2.24, 2.45) is 0 Å². The summed E-state index contributed by atoms with van der Waals surface area (Å²) in [7, 11) is -3.89. The first-order chi connectivity index (χ1) is 12.9. The minimum Gasteiger partial charge on any atom is -0.456 e. The summed E-state index contributed by atoms with van der Waals surface area (Å²) in [4.78, 5) is 3.77. The van der Waals surface area contributed by atoms with E-state index in [4.69, 9.17) is 21.6 Å². The van der Waals surface area contributed by atoms with E-state index in [1.54, 1.807) is 5.38 Å². The van der Waals surface area contributed by atoms with Crippen molar-refractivity contribution in [3.63, 3.8) is 0 Å². The standard InChI is InChI=1S/C17H9ClN4O3S2/c18-15-8-13(2-1-11(15)9-19)25-16-4-3-14(7-12(16)10-20)27(23,24)22-17-21-5-6-26-17/h1-8H,(H,21,22). The second kappa shape index (κ2) is 7.64. The lowest BCUT2D eigenvalue weighted by atomic mass is 10.2. The predicted octanol–water partition coefficient (Wildman–Crippen LogP) is 4.13. The van der Waals surface area contributed by atoms with Crippen molar-refractivity contribution in [2.75, 3.05) is 4.72 Å². The first-order valence-corrected chi connectivity index (χ1v) is 10.0. The van der Waals surface area contributed by atoms with Gasteiger partial charge in [-0.1, -0.05) is 11.6 Å². The van der Waals surface area contributed by atoms with Gasteiger partial charge in [-0.3, -0.25) is 4.72 Å². The highest BCUT2D eigenvalue weighted by Gasteiger charge is 2.18. The lowest BCUT2D eigenvalue weighted by Gasteiger charge is -2.10. The fraction of sp³-hybridized carbons (Fsp3) is 0. The Morgan fingerprint density at radius 1 is 1.11 bits per heavy atom. The van der Waals surface area contributed by atoms with E-state index >= 15 is 0 Å². The number of nitrogens with zero attached hydrogens (tertiary/aromatic N) is 3. The van der Waals surface area contributed by atoms with Crippen LogP contribution < -0.4 is 9.46 Å². The van der Waals surface area contributed by atoms with Crippen LogP contribution in [0.5, 0.6) is 11.5 Å². The monoisotopic (exact) mass is 416 g/mol. The van der Waals surface area contributed by atoms with Gasteiger partial charge in [0.15, 0.2) is 5.13 Å². The van der Waals surface area contributed by atoms with Crippen molar-refractivity contribution < 1.29 is 13.2 Å². The minimum atomic E-state index is -3.89. The summed E-state index contributed by atoms with van der Waals surface area (Å²) >= 11 is 7.10. The molecule has 0 saturated heterocycles. The van der Waals surface area contributed by atoms with Crippen LogP contribution in [0.15, 0.2) is 52.9 Å². The van der Waals surface area contributed by atoms with Gasteiger partial charge in [0.2, 0.25) is 0 Å². The number of ether oxygens (including phenoxy) is 1. The van der Waals surface area contributed by atoms with Crippen molar-refractivity contribution >= 4 is 38.1 Å². The van der Waals surface area contributed by atoms with Gasteiger partial charge in [0, 0.05) is 17.6 Å². The fourth-order valence-electron chi connectivity index (χ4n) is 2.08. The Bertz CT molecular complexity index is 1180. The first kappa shape index (κ1) is 18.7. The maximum absolute atomic E-state index is 12.4. The molecule has 0 atom stereocenters. The molecule has 0 spiro atoms. The Labute approximate surface area is 164 Å². The molecule has 3 rings (SSSR count). The third-order valence-corrected chi connectivity index (χ3v) is 5.79. The van der Waals surface area contributed by atoms with Gasteiger partial charge < -0.3 is 4.74 Å². The van der Waals surface area contributed by atoms with Crippen molar-refractivity contribution in [3.05, 3.63) is 64.1 Å². The molecule has 0 aliphatic heterocycles. The number of sulfonamides is 1. The van der Waals surface area contributed by atoms with Crippen LogP contribution in [0.3, 0.4) is 0 Å². The smallest absolute Gasteiger partial charge is 0.263 e. The predicted molar refractivity (Wildman–Crippen MR) is 100 cm³/mol. The Balaban J connectivity index is 1.90. The van der Waals surface area contributed by atoms with Gasteiger partial charge >= 0.3 is 0 Å². The van der Waals surface area contributed by atoms with Gasteiger partial charge in [-0.2, -0.15) is 10.5 Å². The molecule has 1 N–H and O–H groups in total.